The van der Waals surface area contributed by atoms with Gasteiger partial charge in [0, 0.05) is 30.3 Å². The van der Waals surface area contributed by atoms with Crippen LogP contribution < -0.4 is 0 Å². The highest BCUT2D eigenvalue weighted by molar-refractivity contribution is 6.06. The lowest BCUT2D eigenvalue weighted by molar-refractivity contribution is -0.137. The molecule has 9 heteroatoms. The van der Waals surface area contributed by atoms with E-state index < -0.39 is 11.9 Å². The minimum absolute atomic E-state index is 0.0592. The van der Waals surface area contributed by atoms with Gasteiger partial charge in [0.05, 0.1) is 12.6 Å². The van der Waals surface area contributed by atoms with Gasteiger partial charge in [-0.05, 0) is 17.7 Å². The first kappa shape index (κ1) is 17.2. The van der Waals surface area contributed by atoms with Gasteiger partial charge in [-0.25, -0.2) is 14.8 Å². The molecule has 0 spiro atoms. The highest BCUT2D eigenvalue weighted by atomic mass is 16.5. The van der Waals surface area contributed by atoms with Crippen LogP contribution in [0.1, 0.15) is 28.0 Å². The van der Waals surface area contributed by atoms with E-state index in [-0.39, 0.29) is 23.8 Å². The minimum atomic E-state index is -1.06. The molecule has 0 fully saturated rings. The average Bonchev–Trinajstić information content (AvgIpc) is 2.98. The molecule has 132 valence electrons. The van der Waals surface area contributed by atoms with Crippen LogP contribution in [-0.4, -0.2) is 49.7 Å². The molecule has 1 aromatic carbocycles. The number of carbonyl (C=O) groups is 3. The Morgan fingerprint density at radius 1 is 1.15 bits per heavy atom. The standard InChI is InChI=1S/C17H14N4O5/c1-9(22)15-12-5-10(3-4-13(12)21(20-15)8-14(23)24)11-6-18-16(19-7-11)17(25)26-2/h3-7H,8H2,1-2H3,(H,23,24). The summed E-state index contributed by atoms with van der Waals surface area (Å²) in [5, 5.41) is 13.6. The second kappa shape index (κ2) is 6.71. The number of fused-ring (bicyclic) bond motifs is 1. The maximum atomic E-state index is 11.9. The van der Waals surface area contributed by atoms with Crippen LogP contribution in [0.4, 0.5) is 0 Å². The van der Waals surface area contributed by atoms with Crippen molar-refractivity contribution in [2.24, 2.45) is 0 Å². The van der Waals surface area contributed by atoms with E-state index in [0.717, 1.165) is 0 Å². The van der Waals surface area contributed by atoms with E-state index in [2.05, 4.69) is 19.8 Å². The van der Waals surface area contributed by atoms with Gasteiger partial charge < -0.3 is 9.84 Å². The molecule has 0 atom stereocenters. The van der Waals surface area contributed by atoms with Gasteiger partial charge in [-0.1, -0.05) is 6.07 Å². The highest BCUT2D eigenvalue weighted by Crippen LogP contribution is 2.26. The number of carbonyl (C=O) groups excluding carboxylic acids is 2. The number of carboxylic acids is 1. The number of esters is 1. The van der Waals surface area contributed by atoms with Crippen LogP contribution in [0.2, 0.25) is 0 Å². The maximum absolute atomic E-state index is 11.9. The number of Topliss-reactive ketones (excluding diaryl/α,β-unsaturated/α-hetero) is 1. The van der Waals surface area contributed by atoms with Crippen LogP contribution in [0, 0.1) is 0 Å². The molecule has 0 aliphatic heterocycles. The summed E-state index contributed by atoms with van der Waals surface area (Å²) in [7, 11) is 1.24. The fourth-order valence-corrected chi connectivity index (χ4v) is 2.54. The largest absolute Gasteiger partial charge is 0.480 e. The number of rotatable bonds is 5. The van der Waals surface area contributed by atoms with Gasteiger partial charge in [-0.15, -0.1) is 0 Å². The van der Waals surface area contributed by atoms with Gasteiger partial charge in [0.2, 0.25) is 5.82 Å². The van der Waals surface area contributed by atoms with Crippen LogP contribution in [0.15, 0.2) is 30.6 Å². The Bertz CT molecular complexity index is 1020. The Kier molecular flexibility index (Phi) is 4.44. The quantitative estimate of drug-likeness (QED) is 0.541. The molecule has 3 aromatic rings. The zero-order valence-corrected chi connectivity index (χ0v) is 14.0. The number of hydrogen-bond acceptors (Lipinski definition) is 7. The van der Waals surface area contributed by atoms with Crippen molar-refractivity contribution in [1.29, 1.82) is 0 Å². The van der Waals surface area contributed by atoms with E-state index in [1.807, 2.05) is 0 Å². The summed E-state index contributed by atoms with van der Waals surface area (Å²) >= 11 is 0. The number of carboxylic acid groups (broad SMARTS) is 1. The van der Waals surface area contributed by atoms with Crippen molar-refractivity contribution in [3.63, 3.8) is 0 Å². The first-order valence-corrected chi connectivity index (χ1v) is 7.54. The molecule has 0 amide bonds. The van der Waals surface area contributed by atoms with Crippen molar-refractivity contribution in [2.45, 2.75) is 13.5 Å². The number of aliphatic carboxylic acids is 1. The summed E-state index contributed by atoms with van der Waals surface area (Å²) in [6.45, 7) is 1.02. The number of aromatic nitrogens is 4. The summed E-state index contributed by atoms with van der Waals surface area (Å²) in [6.07, 6.45) is 2.94. The molecule has 9 nitrogen and oxygen atoms in total. The minimum Gasteiger partial charge on any atom is -0.480 e. The molecule has 3 rings (SSSR count). The molecule has 0 radical (unpaired) electrons. The zero-order valence-electron chi connectivity index (χ0n) is 14.0. The molecule has 0 saturated heterocycles. The molecule has 0 aliphatic rings. The second-order valence-corrected chi connectivity index (χ2v) is 5.48. The van der Waals surface area contributed by atoms with Crippen LogP contribution in [0.3, 0.4) is 0 Å². The van der Waals surface area contributed by atoms with Crippen molar-refractivity contribution < 1.29 is 24.2 Å². The number of methoxy groups -OCH3 is 1. The fourth-order valence-electron chi connectivity index (χ4n) is 2.54. The molecule has 0 unspecified atom stereocenters. The van der Waals surface area contributed by atoms with E-state index in [4.69, 9.17) is 5.11 Å². The average molecular weight is 354 g/mol. The summed E-state index contributed by atoms with van der Waals surface area (Å²) in [5.74, 6) is -2.02. The first-order chi connectivity index (χ1) is 12.4. The summed E-state index contributed by atoms with van der Waals surface area (Å²) < 4.78 is 5.83. The molecule has 26 heavy (non-hydrogen) atoms. The van der Waals surface area contributed by atoms with Gasteiger partial charge in [0.1, 0.15) is 12.2 Å². The van der Waals surface area contributed by atoms with Crippen molar-refractivity contribution in [2.75, 3.05) is 7.11 Å². The Morgan fingerprint density at radius 3 is 2.42 bits per heavy atom. The summed E-state index contributed by atoms with van der Waals surface area (Å²) in [5.41, 5.74) is 2.05. The molecule has 0 bridgehead atoms. The molecule has 0 saturated carbocycles. The zero-order chi connectivity index (χ0) is 18.8. The van der Waals surface area contributed by atoms with E-state index >= 15 is 0 Å². The van der Waals surface area contributed by atoms with Crippen LogP contribution in [0.25, 0.3) is 22.0 Å². The predicted octanol–water partition coefficient (Wildman–Crippen LogP) is 1.57. The van der Waals surface area contributed by atoms with E-state index in [1.165, 1.54) is 31.1 Å². The maximum Gasteiger partial charge on any atom is 0.376 e. The second-order valence-electron chi connectivity index (χ2n) is 5.48. The molecular formula is C17H14N4O5. The third kappa shape index (κ3) is 3.14. The molecular weight excluding hydrogens is 340 g/mol. The van der Waals surface area contributed by atoms with E-state index in [0.29, 0.717) is 22.0 Å². The Balaban J connectivity index is 2.08. The van der Waals surface area contributed by atoms with Crippen molar-refractivity contribution in [1.82, 2.24) is 19.7 Å². The Hall–Kier alpha value is -3.62. The number of ketones is 1. The fraction of sp³-hybridized carbons (Fsp3) is 0.176. The van der Waals surface area contributed by atoms with Gasteiger partial charge in [-0.3, -0.25) is 14.3 Å². The number of nitrogens with zero attached hydrogens (tertiary/aromatic N) is 4. The third-order valence-corrected chi connectivity index (χ3v) is 3.72. The highest BCUT2D eigenvalue weighted by Gasteiger charge is 2.17. The summed E-state index contributed by atoms with van der Waals surface area (Å²) in [6, 6.07) is 5.14. The third-order valence-electron chi connectivity index (χ3n) is 3.72. The van der Waals surface area contributed by atoms with Crippen molar-refractivity contribution in [3.8, 4) is 11.1 Å². The van der Waals surface area contributed by atoms with Gasteiger partial charge >= 0.3 is 11.9 Å². The molecule has 0 aliphatic carbocycles. The number of benzene rings is 1. The van der Waals surface area contributed by atoms with Crippen molar-refractivity contribution in [3.05, 3.63) is 42.1 Å². The molecule has 2 heterocycles. The monoisotopic (exact) mass is 354 g/mol. The van der Waals surface area contributed by atoms with E-state index in [1.54, 1.807) is 18.2 Å². The topological polar surface area (TPSA) is 124 Å². The summed E-state index contributed by atoms with van der Waals surface area (Å²) in [4.78, 5) is 42.2. The Labute approximate surface area is 147 Å². The van der Waals surface area contributed by atoms with Crippen LogP contribution >= 0.6 is 0 Å². The van der Waals surface area contributed by atoms with Crippen LogP contribution in [-0.2, 0) is 16.1 Å². The number of ether oxygens (including phenoxy) is 1. The lowest BCUT2D eigenvalue weighted by Crippen LogP contribution is -2.10. The molecule has 2 aromatic heterocycles. The molecule has 1 N–H and O–H groups in total. The van der Waals surface area contributed by atoms with Gasteiger partial charge in [0.15, 0.2) is 5.78 Å². The van der Waals surface area contributed by atoms with E-state index in [9.17, 15) is 14.4 Å². The normalized spacial score (nSPS) is 10.7. The van der Waals surface area contributed by atoms with Gasteiger partial charge in [0.25, 0.3) is 0 Å². The lowest BCUT2D eigenvalue weighted by Gasteiger charge is -2.04. The smallest absolute Gasteiger partial charge is 0.376 e. The SMILES string of the molecule is COC(=O)c1ncc(-c2ccc3c(c2)c(C(C)=O)nn3CC(=O)O)cn1. The predicted molar refractivity (Wildman–Crippen MR) is 89.7 cm³/mol. The van der Waals surface area contributed by atoms with Gasteiger partial charge in [-0.2, -0.15) is 5.10 Å². The van der Waals surface area contributed by atoms with Crippen LogP contribution in [0.5, 0.6) is 0 Å². The lowest BCUT2D eigenvalue weighted by atomic mass is 10.0. The first-order valence-electron chi connectivity index (χ1n) is 7.54. The number of hydrogen-bond donors (Lipinski definition) is 1. The Morgan fingerprint density at radius 2 is 1.85 bits per heavy atom. The van der Waals surface area contributed by atoms with Crippen molar-refractivity contribution >= 4 is 28.6 Å².